The standard InChI is InChI=1S/C31H41FN4O3.C24H29BrFNO3/c1-21-10-8-12-24(27(21)32)38-23-14-17-31(18-15-23,28(37)39-30(5,6)7)20-22-11-9-13-25(34-22)35-26-16-19-33-36(26)29(2,3)4;1-16-7-5-9-19(21(16)26)29-18-11-13-24(14-12-18,22(28)30-23(2,3)4)15-17-8-6-10-20(25)27-17/h8-13,16,19,23H,14-15,17-18,20H2,1-7H3,(H,34,35);5-10,18H,11-15H2,1-4H3. The van der Waals surface area contributed by atoms with Crippen LogP contribution in [0, 0.1) is 36.3 Å². The molecule has 5 aromatic rings. The highest BCUT2D eigenvalue weighted by atomic mass is 79.9. The summed E-state index contributed by atoms with van der Waals surface area (Å²) in [6.07, 6.45) is 7.30. The number of esters is 2. The van der Waals surface area contributed by atoms with Crippen LogP contribution in [0.4, 0.5) is 20.4 Å². The number of pyridine rings is 2. The van der Waals surface area contributed by atoms with Crippen molar-refractivity contribution in [2.24, 2.45) is 10.8 Å². The van der Waals surface area contributed by atoms with Gasteiger partial charge in [-0.25, -0.2) is 23.4 Å². The predicted octanol–water partition coefficient (Wildman–Crippen LogP) is 13.3. The number of aryl methyl sites for hydroxylation is 2. The monoisotopic (exact) mass is 1010 g/mol. The first kappa shape index (κ1) is 53.0. The third-order valence-corrected chi connectivity index (χ3v) is 12.9. The molecule has 0 saturated heterocycles. The average Bonchev–Trinajstić information content (AvgIpc) is 3.74. The molecule has 372 valence electrons. The first-order valence-corrected chi connectivity index (χ1v) is 24.8. The molecule has 0 aliphatic heterocycles. The summed E-state index contributed by atoms with van der Waals surface area (Å²) in [6, 6.07) is 23.8. The largest absolute Gasteiger partial charge is 0.487 e. The van der Waals surface area contributed by atoms with Crippen molar-refractivity contribution in [1.29, 1.82) is 0 Å². The third kappa shape index (κ3) is 14.4. The molecule has 1 N–H and O–H groups in total. The number of aromatic nitrogens is 4. The molecule has 2 aliphatic carbocycles. The van der Waals surface area contributed by atoms with Crippen molar-refractivity contribution in [1.82, 2.24) is 19.7 Å². The average molecular weight is 1020 g/mol. The number of nitrogens with one attached hydrogen (secondary N) is 1. The van der Waals surface area contributed by atoms with Gasteiger partial charge >= 0.3 is 11.9 Å². The lowest BCUT2D eigenvalue weighted by atomic mass is 9.70. The van der Waals surface area contributed by atoms with Gasteiger partial charge in [0.1, 0.15) is 27.4 Å². The Balaban J connectivity index is 0.000000235. The van der Waals surface area contributed by atoms with Gasteiger partial charge in [0.05, 0.1) is 34.8 Å². The molecule has 0 spiro atoms. The molecule has 11 nitrogen and oxygen atoms in total. The maximum Gasteiger partial charge on any atom is 0.312 e. The van der Waals surface area contributed by atoms with Gasteiger partial charge in [0, 0.05) is 30.3 Å². The first-order valence-electron chi connectivity index (χ1n) is 24.0. The summed E-state index contributed by atoms with van der Waals surface area (Å²) < 4.78 is 55.3. The Labute approximate surface area is 415 Å². The summed E-state index contributed by atoms with van der Waals surface area (Å²) in [6.45, 7) is 21.0. The predicted molar refractivity (Wildman–Crippen MR) is 269 cm³/mol. The van der Waals surface area contributed by atoms with Gasteiger partial charge in [-0.3, -0.25) is 9.59 Å². The van der Waals surface area contributed by atoms with Crippen molar-refractivity contribution in [3.05, 3.63) is 124 Å². The Kier molecular flexibility index (Phi) is 16.7. The molecule has 0 unspecified atom stereocenters. The van der Waals surface area contributed by atoms with Crippen molar-refractivity contribution in [3.8, 4) is 11.5 Å². The van der Waals surface area contributed by atoms with E-state index in [1.165, 1.54) is 0 Å². The normalized spacial score (nSPS) is 20.8. The molecule has 3 heterocycles. The van der Waals surface area contributed by atoms with E-state index in [0.29, 0.717) is 81.2 Å². The lowest BCUT2D eigenvalue weighted by Crippen LogP contribution is -2.44. The number of nitrogens with zero attached hydrogens (tertiary/aromatic N) is 4. The molecule has 0 bridgehead atoms. The van der Waals surface area contributed by atoms with E-state index in [2.05, 4.69) is 52.1 Å². The lowest BCUT2D eigenvalue weighted by Gasteiger charge is -2.39. The Morgan fingerprint density at radius 2 is 1.09 bits per heavy atom. The van der Waals surface area contributed by atoms with E-state index in [1.807, 2.05) is 88.7 Å². The third-order valence-electron chi connectivity index (χ3n) is 12.5. The van der Waals surface area contributed by atoms with Gasteiger partial charge in [-0.05, 0) is 191 Å². The molecule has 69 heavy (non-hydrogen) atoms. The molecule has 0 amide bonds. The van der Waals surface area contributed by atoms with Gasteiger partial charge < -0.3 is 24.3 Å². The number of anilines is 2. The maximum atomic E-state index is 14.6. The van der Waals surface area contributed by atoms with Crippen LogP contribution < -0.4 is 14.8 Å². The van der Waals surface area contributed by atoms with E-state index in [-0.39, 0.29) is 52.8 Å². The van der Waals surface area contributed by atoms with Crippen LogP contribution in [0.25, 0.3) is 0 Å². The Bertz CT molecular complexity index is 2550. The highest BCUT2D eigenvalue weighted by Gasteiger charge is 2.47. The molecule has 2 saturated carbocycles. The van der Waals surface area contributed by atoms with Gasteiger partial charge in [-0.2, -0.15) is 5.10 Å². The molecule has 3 aromatic heterocycles. The number of ether oxygens (including phenoxy) is 4. The summed E-state index contributed by atoms with van der Waals surface area (Å²) >= 11 is 3.41. The zero-order valence-electron chi connectivity index (χ0n) is 42.2. The molecule has 2 fully saturated rings. The van der Waals surface area contributed by atoms with Crippen molar-refractivity contribution in [3.63, 3.8) is 0 Å². The summed E-state index contributed by atoms with van der Waals surface area (Å²) in [5, 5.41) is 7.82. The summed E-state index contributed by atoms with van der Waals surface area (Å²) in [5.41, 5.74) is 0.00635. The summed E-state index contributed by atoms with van der Waals surface area (Å²) in [7, 11) is 0. The summed E-state index contributed by atoms with van der Waals surface area (Å²) in [4.78, 5) is 36.2. The van der Waals surface area contributed by atoms with Gasteiger partial charge in [-0.1, -0.05) is 36.4 Å². The van der Waals surface area contributed by atoms with Gasteiger partial charge in [0.25, 0.3) is 0 Å². The molecule has 14 heteroatoms. The quantitative estimate of drug-likeness (QED) is 0.0953. The van der Waals surface area contributed by atoms with E-state index in [0.717, 1.165) is 21.8 Å². The molecular formula is C55H70BrF2N5O6. The summed E-state index contributed by atoms with van der Waals surface area (Å²) in [5.74, 6) is 0.999. The molecule has 0 radical (unpaired) electrons. The fourth-order valence-corrected chi connectivity index (χ4v) is 9.32. The van der Waals surface area contributed by atoms with Crippen LogP contribution >= 0.6 is 15.9 Å². The number of benzene rings is 2. The Morgan fingerprint density at radius 1 is 0.652 bits per heavy atom. The zero-order valence-corrected chi connectivity index (χ0v) is 43.8. The number of carbonyl (C=O) groups is 2. The van der Waals surface area contributed by atoms with Crippen LogP contribution in [-0.4, -0.2) is 55.1 Å². The van der Waals surface area contributed by atoms with Crippen LogP contribution in [0.5, 0.6) is 11.5 Å². The Hall–Kier alpha value is -5.37. The smallest absolute Gasteiger partial charge is 0.312 e. The fourth-order valence-electron chi connectivity index (χ4n) is 8.94. The second-order valence-electron chi connectivity index (χ2n) is 21.7. The van der Waals surface area contributed by atoms with E-state index in [9.17, 15) is 18.4 Å². The van der Waals surface area contributed by atoms with Gasteiger partial charge in [-0.15, -0.1) is 0 Å². The van der Waals surface area contributed by atoms with E-state index < -0.39 is 22.0 Å². The van der Waals surface area contributed by atoms with Gasteiger partial charge in [0.15, 0.2) is 23.1 Å². The Morgan fingerprint density at radius 3 is 1.52 bits per heavy atom. The maximum absolute atomic E-state index is 14.6. The minimum Gasteiger partial charge on any atom is -0.487 e. The second kappa shape index (κ2) is 21.7. The topological polar surface area (TPSA) is 127 Å². The van der Waals surface area contributed by atoms with E-state index >= 15 is 0 Å². The number of rotatable bonds is 12. The van der Waals surface area contributed by atoms with Crippen molar-refractivity contribution < 1.29 is 37.3 Å². The minimum atomic E-state index is -0.739. The van der Waals surface area contributed by atoms with Gasteiger partial charge in [0.2, 0.25) is 0 Å². The molecule has 2 aromatic carbocycles. The highest BCUT2D eigenvalue weighted by Crippen LogP contribution is 2.44. The van der Waals surface area contributed by atoms with Crippen molar-refractivity contribution in [2.75, 3.05) is 5.32 Å². The highest BCUT2D eigenvalue weighted by molar-refractivity contribution is 9.10. The lowest BCUT2D eigenvalue weighted by molar-refractivity contribution is -0.172. The number of carbonyl (C=O) groups excluding carboxylic acids is 2. The number of hydrogen-bond acceptors (Lipinski definition) is 10. The number of hydrogen-bond donors (Lipinski definition) is 1. The van der Waals surface area contributed by atoms with E-state index in [4.69, 9.17) is 23.9 Å². The van der Waals surface area contributed by atoms with Crippen LogP contribution in [-0.2, 0) is 37.4 Å². The van der Waals surface area contributed by atoms with Crippen molar-refractivity contribution >= 4 is 39.5 Å². The number of halogens is 3. The fraction of sp³-hybridized carbons (Fsp3) is 0.509. The SMILES string of the molecule is Cc1cccc(OC2CCC(Cc3cccc(Br)n3)(C(=O)OC(C)(C)C)CC2)c1F.Cc1cccc(OC2CCC(Cc3cccc(Nc4ccnn4C(C)(C)C)n3)(C(=O)OC(C)(C)C)CC2)c1F. The molecule has 7 rings (SSSR count). The van der Waals surface area contributed by atoms with Crippen LogP contribution in [0.15, 0.2) is 89.7 Å². The minimum absolute atomic E-state index is 0.132. The van der Waals surface area contributed by atoms with Crippen molar-refractivity contribution in [2.45, 2.75) is 169 Å². The zero-order chi connectivity index (χ0) is 50.4. The second-order valence-corrected chi connectivity index (χ2v) is 22.5. The molecule has 2 aliphatic rings. The molecule has 0 atom stereocenters. The first-order chi connectivity index (χ1) is 32.3. The molecular weight excluding hydrogens is 945 g/mol. The van der Waals surface area contributed by atoms with Crippen LogP contribution in [0.3, 0.4) is 0 Å². The van der Waals surface area contributed by atoms with E-state index in [1.54, 1.807) is 56.4 Å². The van der Waals surface area contributed by atoms with Crippen LogP contribution in [0.2, 0.25) is 0 Å². The van der Waals surface area contributed by atoms with Crippen LogP contribution in [0.1, 0.15) is 136 Å².